The lowest BCUT2D eigenvalue weighted by Crippen LogP contribution is -2.46. The largest absolute Gasteiger partial charge is 0.367 e. The molecule has 0 spiro atoms. The van der Waals surface area contributed by atoms with Crippen molar-refractivity contribution in [1.82, 2.24) is 26.1 Å². The molecular weight excluding hydrogens is 326 g/mol. The molecule has 1 atom stereocenters. The van der Waals surface area contributed by atoms with E-state index in [0.29, 0.717) is 12.5 Å². The molecule has 0 aromatic carbocycles. The lowest BCUT2D eigenvalue weighted by Gasteiger charge is -2.34. The Bertz CT molecular complexity index is 696. The Kier molecular flexibility index (Phi) is 4.21. The normalized spacial score (nSPS) is 23.2. The number of nitrogens with one attached hydrogen (secondary N) is 2. The van der Waals surface area contributed by atoms with Gasteiger partial charge in [0.15, 0.2) is 11.7 Å². The van der Waals surface area contributed by atoms with E-state index < -0.39 is 0 Å². The van der Waals surface area contributed by atoms with Gasteiger partial charge in [0, 0.05) is 11.9 Å². The molecular formula is C15H21N7OS. The number of hydrazine groups is 2. The Hall–Kier alpha value is -1.97. The molecule has 128 valence electrons. The number of amidine groups is 2. The van der Waals surface area contributed by atoms with Crippen molar-refractivity contribution < 1.29 is 4.74 Å². The maximum Gasteiger partial charge on any atom is 0.189 e. The second-order valence-electron chi connectivity index (χ2n) is 6.38. The lowest BCUT2D eigenvalue weighted by molar-refractivity contribution is -0.00729. The second kappa shape index (κ2) is 6.50. The summed E-state index contributed by atoms with van der Waals surface area (Å²) in [5.74, 6) is 2.27. The highest BCUT2D eigenvalue weighted by atomic mass is 32.1. The third-order valence-electron chi connectivity index (χ3n) is 3.98. The molecule has 1 aromatic heterocycles. The first-order chi connectivity index (χ1) is 11.7. The number of morpholine rings is 1. The Labute approximate surface area is 144 Å². The number of hydrazone groups is 2. The second-order valence-corrected chi connectivity index (χ2v) is 7.27. The number of rotatable bonds is 3. The summed E-state index contributed by atoms with van der Waals surface area (Å²) in [5.41, 5.74) is 6.72. The van der Waals surface area contributed by atoms with Crippen LogP contribution in [0.5, 0.6) is 0 Å². The molecule has 24 heavy (non-hydrogen) atoms. The van der Waals surface area contributed by atoms with E-state index in [1.807, 2.05) is 12.2 Å². The lowest BCUT2D eigenvalue weighted by atomic mass is 10.1. The van der Waals surface area contributed by atoms with Gasteiger partial charge in [0.25, 0.3) is 0 Å². The van der Waals surface area contributed by atoms with E-state index in [1.165, 1.54) is 0 Å². The first kappa shape index (κ1) is 15.6. The number of nitrogens with zero attached hydrogens (tertiary/aromatic N) is 5. The zero-order chi connectivity index (χ0) is 16.5. The molecule has 1 saturated heterocycles. The van der Waals surface area contributed by atoms with Crippen molar-refractivity contribution in [3.8, 4) is 0 Å². The van der Waals surface area contributed by atoms with Crippen molar-refractivity contribution >= 4 is 23.0 Å². The van der Waals surface area contributed by atoms with Crippen molar-refractivity contribution in [2.75, 3.05) is 19.7 Å². The zero-order valence-electron chi connectivity index (χ0n) is 13.8. The molecule has 3 aliphatic rings. The van der Waals surface area contributed by atoms with Crippen LogP contribution in [0.3, 0.4) is 0 Å². The summed E-state index contributed by atoms with van der Waals surface area (Å²) in [7, 11) is 0. The summed E-state index contributed by atoms with van der Waals surface area (Å²) in [6, 6.07) is 0. The van der Waals surface area contributed by atoms with Crippen LogP contribution in [-0.4, -0.2) is 46.4 Å². The van der Waals surface area contributed by atoms with Crippen molar-refractivity contribution in [2.24, 2.45) is 16.1 Å². The maximum atomic E-state index is 5.95. The highest BCUT2D eigenvalue weighted by Gasteiger charge is 2.28. The van der Waals surface area contributed by atoms with Gasteiger partial charge in [-0.15, -0.1) is 27.1 Å². The van der Waals surface area contributed by atoms with Crippen LogP contribution in [0.15, 0.2) is 27.7 Å². The van der Waals surface area contributed by atoms with Crippen molar-refractivity contribution in [1.29, 1.82) is 0 Å². The summed E-state index contributed by atoms with van der Waals surface area (Å²) >= 11 is 1.69. The fourth-order valence-electron chi connectivity index (χ4n) is 2.86. The summed E-state index contributed by atoms with van der Waals surface area (Å²) < 4.78 is 5.95. The molecule has 8 nitrogen and oxygen atoms in total. The Morgan fingerprint density at radius 2 is 2.25 bits per heavy atom. The Morgan fingerprint density at radius 1 is 1.38 bits per heavy atom. The minimum Gasteiger partial charge on any atom is -0.367 e. The highest BCUT2D eigenvalue weighted by Crippen LogP contribution is 2.27. The number of ether oxygens (including phenoxy) is 1. The van der Waals surface area contributed by atoms with Gasteiger partial charge in [-0.25, -0.2) is 10.5 Å². The van der Waals surface area contributed by atoms with Gasteiger partial charge < -0.3 is 9.64 Å². The van der Waals surface area contributed by atoms with E-state index in [2.05, 4.69) is 45.4 Å². The molecule has 4 heterocycles. The molecule has 0 radical (unpaired) electrons. The van der Waals surface area contributed by atoms with Crippen LogP contribution in [0.25, 0.3) is 0 Å². The number of fused-ring (bicyclic) bond motifs is 1. The number of thiazole rings is 1. The van der Waals surface area contributed by atoms with Crippen LogP contribution in [0.2, 0.25) is 0 Å². The van der Waals surface area contributed by atoms with Gasteiger partial charge in [-0.3, -0.25) is 0 Å². The smallest absolute Gasteiger partial charge is 0.189 e. The molecule has 1 fully saturated rings. The monoisotopic (exact) mass is 347 g/mol. The van der Waals surface area contributed by atoms with Gasteiger partial charge in [0.1, 0.15) is 11.1 Å². The summed E-state index contributed by atoms with van der Waals surface area (Å²) in [6.07, 6.45) is 4.93. The average Bonchev–Trinajstić information content (AvgIpc) is 3.22. The van der Waals surface area contributed by atoms with E-state index >= 15 is 0 Å². The van der Waals surface area contributed by atoms with Gasteiger partial charge in [0.05, 0.1) is 18.8 Å². The minimum atomic E-state index is 0.000452. The van der Waals surface area contributed by atoms with Crippen LogP contribution < -0.4 is 11.1 Å². The third kappa shape index (κ3) is 3.14. The highest BCUT2D eigenvalue weighted by molar-refractivity contribution is 7.09. The summed E-state index contributed by atoms with van der Waals surface area (Å²) in [5, 5.41) is 13.4. The van der Waals surface area contributed by atoms with Crippen LogP contribution in [0.4, 0.5) is 0 Å². The fraction of sp³-hybridized carbons (Fsp3) is 0.533. The van der Waals surface area contributed by atoms with Crippen LogP contribution in [0.1, 0.15) is 30.7 Å². The maximum absolute atomic E-state index is 5.95. The molecule has 1 unspecified atom stereocenters. The molecule has 0 amide bonds. The van der Waals surface area contributed by atoms with Gasteiger partial charge in [-0.1, -0.05) is 13.8 Å². The van der Waals surface area contributed by atoms with Crippen LogP contribution >= 0.6 is 11.3 Å². The number of hydrogen-bond donors (Lipinski definition) is 2. The van der Waals surface area contributed by atoms with E-state index in [0.717, 1.165) is 41.9 Å². The molecule has 0 aliphatic carbocycles. The van der Waals surface area contributed by atoms with E-state index in [9.17, 15) is 0 Å². The van der Waals surface area contributed by atoms with Gasteiger partial charge >= 0.3 is 0 Å². The number of aromatic nitrogens is 1. The van der Waals surface area contributed by atoms with Crippen molar-refractivity contribution in [3.05, 3.63) is 28.2 Å². The van der Waals surface area contributed by atoms with Gasteiger partial charge in [0.2, 0.25) is 0 Å². The van der Waals surface area contributed by atoms with Gasteiger partial charge in [-0.2, -0.15) is 5.12 Å². The predicted molar refractivity (Wildman–Crippen MR) is 93.0 cm³/mol. The van der Waals surface area contributed by atoms with Crippen molar-refractivity contribution in [3.63, 3.8) is 0 Å². The predicted octanol–water partition coefficient (Wildman–Crippen LogP) is 1.24. The fourth-order valence-corrected chi connectivity index (χ4v) is 3.73. The van der Waals surface area contributed by atoms with Crippen LogP contribution in [0, 0.1) is 5.92 Å². The average molecular weight is 347 g/mol. The molecule has 4 rings (SSSR count). The molecule has 9 heteroatoms. The minimum absolute atomic E-state index is 0.000452. The first-order valence-electron chi connectivity index (χ1n) is 8.15. The van der Waals surface area contributed by atoms with Crippen LogP contribution in [-0.2, 0) is 11.2 Å². The van der Waals surface area contributed by atoms with E-state index in [-0.39, 0.29) is 6.10 Å². The zero-order valence-corrected chi connectivity index (χ0v) is 14.6. The topological polar surface area (TPSA) is 77.4 Å². The standard InChI is InChI=1S/C15H21N7OS/c1-10(2)7-11-9-24-15(16-11)12-8-21(5-6-23-12)14-4-3-13-17-19-20-22(13)18-14/h3-4,9-10,12,19-20H,5-8H2,1-2H3. The Balaban J connectivity index is 1.45. The van der Waals surface area contributed by atoms with Gasteiger partial charge in [-0.05, 0) is 24.5 Å². The molecule has 0 bridgehead atoms. The Morgan fingerprint density at radius 3 is 3.12 bits per heavy atom. The molecule has 0 saturated carbocycles. The quantitative estimate of drug-likeness (QED) is 0.857. The first-order valence-corrected chi connectivity index (χ1v) is 9.03. The molecule has 2 N–H and O–H groups in total. The van der Waals surface area contributed by atoms with Crippen molar-refractivity contribution in [2.45, 2.75) is 26.4 Å². The van der Waals surface area contributed by atoms with E-state index in [4.69, 9.17) is 9.72 Å². The van der Waals surface area contributed by atoms with E-state index in [1.54, 1.807) is 16.5 Å². The molecule has 1 aromatic rings. The molecule has 3 aliphatic heterocycles. The summed E-state index contributed by atoms with van der Waals surface area (Å²) in [4.78, 5) is 6.99. The SMILES string of the molecule is CC(C)Cc1csc(C2CN(C3=NN4NNN=C4C=C3)CCO2)n1. The number of hydrogen-bond acceptors (Lipinski definition) is 9. The summed E-state index contributed by atoms with van der Waals surface area (Å²) in [6.45, 7) is 6.67. The third-order valence-corrected chi connectivity index (χ3v) is 4.97.